The Morgan fingerprint density at radius 1 is 1.20 bits per heavy atom. The number of aliphatic hydroxyl groups excluding tert-OH is 1. The van der Waals surface area contributed by atoms with E-state index in [2.05, 4.69) is 10.2 Å². The largest absolute Gasteiger partial charge is 0.496 e. The van der Waals surface area contributed by atoms with Gasteiger partial charge in [-0.1, -0.05) is 24.7 Å². The lowest BCUT2D eigenvalue weighted by Gasteiger charge is -2.23. The van der Waals surface area contributed by atoms with E-state index in [1.165, 1.54) is 54.0 Å². The number of benzene rings is 1. The van der Waals surface area contributed by atoms with Gasteiger partial charge in [-0.3, -0.25) is 9.36 Å². The van der Waals surface area contributed by atoms with Gasteiger partial charge in [-0.2, -0.15) is 10.2 Å². The Kier molecular flexibility index (Phi) is 9.68. The van der Waals surface area contributed by atoms with Crippen molar-refractivity contribution in [3.05, 3.63) is 68.4 Å². The third-order valence-electron chi connectivity index (χ3n) is 6.59. The Bertz CT molecular complexity index is 1630. The predicted octanol–water partition coefficient (Wildman–Crippen LogP) is 2.92. The van der Waals surface area contributed by atoms with Crippen molar-refractivity contribution in [2.24, 2.45) is 0 Å². The first-order valence-electron chi connectivity index (χ1n) is 13.1. The summed E-state index contributed by atoms with van der Waals surface area (Å²) in [6.07, 6.45) is 3.44. The number of aliphatic hydroxyl groups is 1. The zero-order valence-electron chi connectivity index (χ0n) is 23.2. The van der Waals surface area contributed by atoms with Crippen LogP contribution in [-0.4, -0.2) is 62.1 Å². The summed E-state index contributed by atoms with van der Waals surface area (Å²) in [7, 11) is 1.42. The zero-order valence-corrected chi connectivity index (χ0v) is 24.0. The maximum Gasteiger partial charge on any atom is 0.333 e. The number of carbonyl (C=O) groups excluding carboxylic acids is 1. The second-order valence-corrected chi connectivity index (χ2v) is 10.2. The first-order valence-corrected chi connectivity index (χ1v) is 13.9. The number of rotatable bonds is 13. The van der Waals surface area contributed by atoms with E-state index < -0.39 is 35.2 Å². The van der Waals surface area contributed by atoms with Gasteiger partial charge >= 0.3 is 11.7 Å². The molecule has 0 aliphatic carbocycles. The minimum absolute atomic E-state index is 0.117. The molecule has 14 heteroatoms. The summed E-state index contributed by atoms with van der Waals surface area (Å²) < 4.78 is 33.1. The Morgan fingerprint density at radius 3 is 2.59 bits per heavy atom. The van der Waals surface area contributed by atoms with E-state index in [0.717, 1.165) is 22.3 Å². The van der Waals surface area contributed by atoms with Crippen LogP contribution in [0, 0.1) is 12.7 Å². The normalized spacial score (nSPS) is 12.9. The van der Waals surface area contributed by atoms with Crippen LogP contribution in [0.5, 0.6) is 5.75 Å². The number of ether oxygens (including phenoxy) is 3. The van der Waals surface area contributed by atoms with Gasteiger partial charge in [0.25, 0.3) is 5.56 Å². The summed E-state index contributed by atoms with van der Waals surface area (Å²) in [4.78, 5) is 42.4. The highest BCUT2D eigenvalue weighted by Gasteiger charge is 2.29. The second kappa shape index (κ2) is 13.2. The van der Waals surface area contributed by atoms with Crippen LogP contribution in [0.15, 0.2) is 40.2 Å². The van der Waals surface area contributed by atoms with Crippen LogP contribution >= 0.6 is 11.3 Å². The molecule has 3 aromatic heterocycles. The molecule has 0 amide bonds. The molecule has 12 nitrogen and oxygen atoms in total. The van der Waals surface area contributed by atoms with E-state index >= 15 is 0 Å². The fourth-order valence-corrected chi connectivity index (χ4v) is 5.69. The van der Waals surface area contributed by atoms with Crippen molar-refractivity contribution >= 4 is 27.5 Å². The number of aromatic nitrogens is 5. The smallest absolute Gasteiger partial charge is 0.333 e. The minimum atomic E-state index is -1.23. The number of fused-ring (bicyclic) bond motifs is 1. The number of methoxy groups -OCH3 is 1. The molecular weight excluding hydrogens is 557 g/mol. The van der Waals surface area contributed by atoms with Crippen LogP contribution in [0.3, 0.4) is 0 Å². The monoisotopic (exact) mass is 589 g/mol. The molecule has 3 heterocycles. The molecule has 4 aromatic rings. The van der Waals surface area contributed by atoms with Crippen molar-refractivity contribution in [3.63, 3.8) is 0 Å². The van der Waals surface area contributed by atoms with Gasteiger partial charge in [0.05, 0.1) is 51.3 Å². The Labute approximate surface area is 238 Å². The standard InChI is InChI=1S/C27H32FN5O7S/c1-5-6-12-40-26(36)17(3)32-23(35)22-16(2)24(33-29-9-10-30-33)41-25(22)31(27(32)37)15-21(39-13-11-34)19-14-18(28)7-8-20(19)38-4/h7-10,14,17,21,34H,5-6,11-13,15H2,1-4H3/t17?,21-/m1/s1. The Balaban J connectivity index is 1.95. The minimum Gasteiger partial charge on any atom is -0.496 e. The molecular formula is C27H32FN5O7S. The van der Waals surface area contributed by atoms with E-state index in [-0.39, 0.29) is 31.8 Å². The molecule has 1 aromatic carbocycles. The lowest BCUT2D eigenvalue weighted by Crippen LogP contribution is -2.44. The maximum atomic E-state index is 14.3. The van der Waals surface area contributed by atoms with Crippen molar-refractivity contribution in [1.29, 1.82) is 0 Å². The number of nitrogens with zero attached hydrogens (tertiary/aromatic N) is 5. The van der Waals surface area contributed by atoms with Gasteiger partial charge in [-0.25, -0.2) is 18.5 Å². The van der Waals surface area contributed by atoms with Crippen molar-refractivity contribution in [2.75, 3.05) is 26.9 Å². The van der Waals surface area contributed by atoms with E-state index in [1.54, 1.807) is 6.92 Å². The molecule has 0 aliphatic rings. The molecule has 2 atom stereocenters. The molecule has 0 saturated carbocycles. The van der Waals surface area contributed by atoms with Gasteiger partial charge in [0.1, 0.15) is 33.5 Å². The van der Waals surface area contributed by atoms with Crippen molar-refractivity contribution in [2.45, 2.75) is 52.3 Å². The number of thiophene rings is 1. The molecule has 220 valence electrons. The van der Waals surface area contributed by atoms with E-state index in [9.17, 15) is 23.9 Å². The molecule has 0 radical (unpaired) electrons. The third kappa shape index (κ3) is 6.09. The van der Waals surface area contributed by atoms with E-state index in [4.69, 9.17) is 14.2 Å². The van der Waals surface area contributed by atoms with Crippen LogP contribution in [-0.2, 0) is 20.8 Å². The molecule has 4 rings (SSSR count). The lowest BCUT2D eigenvalue weighted by atomic mass is 10.1. The number of aryl methyl sites for hydroxylation is 1. The van der Waals surface area contributed by atoms with Crippen LogP contribution in [0.1, 0.15) is 50.0 Å². The van der Waals surface area contributed by atoms with Crippen LogP contribution in [0.4, 0.5) is 4.39 Å². The van der Waals surface area contributed by atoms with E-state index in [0.29, 0.717) is 33.1 Å². The van der Waals surface area contributed by atoms with Gasteiger partial charge in [0, 0.05) is 11.1 Å². The topological polar surface area (TPSA) is 140 Å². The maximum absolute atomic E-state index is 14.3. The van der Waals surface area contributed by atoms with Gasteiger partial charge in [-0.15, -0.1) is 4.80 Å². The molecule has 0 saturated heterocycles. The quantitative estimate of drug-likeness (QED) is 0.184. The number of halogens is 1. The lowest BCUT2D eigenvalue weighted by molar-refractivity contribution is -0.147. The Hall–Kier alpha value is -3.88. The highest BCUT2D eigenvalue weighted by molar-refractivity contribution is 7.21. The van der Waals surface area contributed by atoms with Crippen molar-refractivity contribution < 1.29 is 28.5 Å². The van der Waals surface area contributed by atoms with Crippen LogP contribution in [0.25, 0.3) is 15.2 Å². The SMILES string of the molecule is CCCCOC(=O)C(C)n1c(=O)c2c(C)c(-n3nccn3)sc2n(C[C@@H](OCCO)c2cc(F)ccc2OC)c1=O. The average Bonchev–Trinajstić information content (AvgIpc) is 3.61. The van der Waals surface area contributed by atoms with E-state index in [1.807, 2.05) is 6.92 Å². The molecule has 41 heavy (non-hydrogen) atoms. The highest BCUT2D eigenvalue weighted by atomic mass is 32.1. The van der Waals surface area contributed by atoms with Crippen molar-refractivity contribution in [1.82, 2.24) is 24.1 Å². The zero-order chi connectivity index (χ0) is 29.7. The second-order valence-electron chi connectivity index (χ2n) is 9.27. The van der Waals surface area contributed by atoms with Gasteiger partial charge in [0.2, 0.25) is 0 Å². The van der Waals surface area contributed by atoms with Crippen LogP contribution < -0.4 is 16.0 Å². The summed E-state index contributed by atoms with van der Waals surface area (Å²) in [5.74, 6) is -0.961. The third-order valence-corrected chi connectivity index (χ3v) is 7.87. The highest BCUT2D eigenvalue weighted by Crippen LogP contribution is 2.34. The Morgan fingerprint density at radius 2 is 1.93 bits per heavy atom. The average molecular weight is 590 g/mol. The fourth-order valence-electron chi connectivity index (χ4n) is 4.47. The number of esters is 1. The molecule has 0 fully saturated rings. The molecule has 0 aliphatic heterocycles. The molecule has 0 bridgehead atoms. The summed E-state index contributed by atoms with van der Waals surface area (Å²) in [6, 6.07) is 2.66. The fraction of sp³-hybridized carbons (Fsp3) is 0.444. The first-order chi connectivity index (χ1) is 19.7. The van der Waals surface area contributed by atoms with Gasteiger partial charge < -0.3 is 19.3 Å². The molecule has 1 N–H and O–H groups in total. The summed E-state index contributed by atoms with van der Waals surface area (Å²) in [6.45, 7) is 4.60. The van der Waals surface area contributed by atoms with Crippen molar-refractivity contribution in [3.8, 4) is 10.8 Å². The summed E-state index contributed by atoms with van der Waals surface area (Å²) in [5, 5.41) is 18.5. The molecule has 1 unspecified atom stereocenters. The van der Waals surface area contributed by atoms with Gasteiger partial charge in [-0.05, 0) is 38.5 Å². The molecule has 0 spiro atoms. The van der Waals surface area contributed by atoms with Gasteiger partial charge in [0.15, 0.2) is 0 Å². The first kappa shape index (κ1) is 30.1. The number of hydrogen-bond acceptors (Lipinski definition) is 10. The summed E-state index contributed by atoms with van der Waals surface area (Å²) in [5.41, 5.74) is -0.634. The number of unbranched alkanes of at least 4 members (excludes halogenated alkanes) is 1. The number of carbonyl (C=O) groups is 1. The predicted molar refractivity (Wildman–Crippen MR) is 149 cm³/mol. The number of hydrogen-bond donors (Lipinski definition) is 1. The summed E-state index contributed by atoms with van der Waals surface area (Å²) >= 11 is 1.12. The van der Waals surface area contributed by atoms with Crippen LogP contribution in [0.2, 0.25) is 0 Å².